The van der Waals surface area contributed by atoms with Gasteiger partial charge < -0.3 is 14.6 Å². The molecule has 0 bridgehead atoms. The van der Waals surface area contributed by atoms with Crippen molar-refractivity contribution in [1.82, 2.24) is 0 Å². The highest BCUT2D eigenvalue weighted by atomic mass is 32.2. The molecule has 106 valence electrons. The zero-order valence-electron chi connectivity index (χ0n) is 10.8. The fraction of sp³-hybridized carbons (Fsp3) is 0.462. The Morgan fingerprint density at radius 1 is 1.26 bits per heavy atom. The average Bonchev–Trinajstić information content (AvgIpc) is 2.42. The Morgan fingerprint density at radius 2 is 2.00 bits per heavy atom. The quantitative estimate of drug-likeness (QED) is 0.697. The number of ether oxygens (including phenoxy) is 2. The monoisotopic (exact) mass is 286 g/mol. The van der Waals surface area contributed by atoms with Crippen molar-refractivity contribution in [2.24, 2.45) is 0 Å². The second-order valence-electron chi connectivity index (χ2n) is 3.81. The minimum absolute atomic E-state index is 0.0835. The van der Waals surface area contributed by atoms with E-state index in [9.17, 15) is 9.00 Å². The third-order valence-corrected chi connectivity index (χ3v) is 3.80. The van der Waals surface area contributed by atoms with Crippen LogP contribution in [0.1, 0.15) is 16.8 Å². The average molecular weight is 286 g/mol. The Morgan fingerprint density at radius 3 is 2.68 bits per heavy atom. The van der Waals surface area contributed by atoms with Gasteiger partial charge in [0, 0.05) is 20.3 Å². The highest BCUT2D eigenvalue weighted by Crippen LogP contribution is 2.13. The first-order chi connectivity index (χ1) is 9.16. The lowest BCUT2D eigenvalue weighted by molar-refractivity contribution is 0.0692. The maximum Gasteiger partial charge on any atom is 0.336 e. The number of hydrogen-bond donors (Lipinski definition) is 1. The van der Waals surface area contributed by atoms with Crippen molar-refractivity contribution >= 4 is 16.8 Å². The molecule has 1 unspecified atom stereocenters. The number of methoxy groups -OCH3 is 1. The van der Waals surface area contributed by atoms with Gasteiger partial charge in [-0.1, -0.05) is 12.1 Å². The Labute approximate surface area is 115 Å². The molecule has 5 nitrogen and oxygen atoms in total. The summed E-state index contributed by atoms with van der Waals surface area (Å²) in [6, 6.07) is 6.32. The SMILES string of the molecule is COCCCOCCS(=O)c1ccccc1C(=O)O. The van der Waals surface area contributed by atoms with Gasteiger partial charge in [0.15, 0.2) is 0 Å². The molecule has 0 spiro atoms. The number of aromatic carboxylic acids is 1. The summed E-state index contributed by atoms with van der Waals surface area (Å²) in [4.78, 5) is 11.3. The van der Waals surface area contributed by atoms with Gasteiger partial charge in [0.1, 0.15) is 0 Å². The number of hydrogen-bond acceptors (Lipinski definition) is 4. The fourth-order valence-electron chi connectivity index (χ4n) is 1.49. The fourth-order valence-corrected chi connectivity index (χ4v) is 2.61. The molecule has 1 atom stereocenters. The molecule has 1 N–H and O–H groups in total. The topological polar surface area (TPSA) is 72.8 Å². The molecule has 0 aliphatic heterocycles. The molecule has 1 aromatic rings. The molecule has 6 heteroatoms. The van der Waals surface area contributed by atoms with Gasteiger partial charge >= 0.3 is 5.97 Å². The van der Waals surface area contributed by atoms with Crippen LogP contribution in [0.25, 0.3) is 0 Å². The first-order valence-electron chi connectivity index (χ1n) is 5.94. The zero-order valence-corrected chi connectivity index (χ0v) is 11.6. The molecule has 0 aliphatic carbocycles. The summed E-state index contributed by atoms with van der Waals surface area (Å²) in [7, 11) is 0.263. The van der Waals surface area contributed by atoms with Crippen LogP contribution in [0.4, 0.5) is 0 Å². The minimum atomic E-state index is -1.36. The molecule has 1 rings (SSSR count). The lowest BCUT2D eigenvalue weighted by Gasteiger charge is -2.06. The number of carboxylic acid groups (broad SMARTS) is 1. The van der Waals surface area contributed by atoms with E-state index < -0.39 is 16.8 Å². The standard InChI is InChI=1S/C13H18O5S/c1-17-7-4-8-18-9-10-19(16)12-6-3-2-5-11(12)13(14)15/h2-3,5-6H,4,7-10H2,1H3,(H,14,15). The van der Waals surface area contributed by atoms with Crippen molar-refractivity contribution in [1.29, 1.82) is 0 Å². The second kappa shape index (κ2) is 8.79. The minimum Gasteiger partial charge on any atom is -0.478 e. The van der Waals surface area contributed by atoms with Crippen molar-refractivity contribution in [3.8, 4) is 0 Å². The number of rotatable bonds is 9. The molecule has 0 fully saturated rings. The third kappa shape index (κ3) is 5.50. The van der Waals surface area contributed by atoms with E-state index in [2.05, 4.69) is 0 Å². The van der Waals surface area contributed by atoms with E-state index in [0.29, 0.717) is 24.7 Å². The van der Waals surface area contributed by atoms with Crippen LogP contribution < -0.4 is 0 Å². The number of carboxylic acids is 1. The Hall–Kier alpha value is -1.24. The van der Waals surface area contributed by atoms with Crippen LogP contribution in [0.2, 0.25) is 0 Å². The van der Waals surface area contributed by atoms with Gasteiger partial charge in [0.05, 0.1) is 33.6 Å². The van der Waals surface area contributed by atoms with E-state index in [-0.39, 0.29) is 11.3 Å². The van der Waals surface area contributed by atoms with Crippen LogP contribution in [0, 0.1) is 0 Å². The summed E-state index contributed by atoms with van der Waals surface area (Å²) in [6.45, 7) is 1.51. The molecule has 19 heavy (non-hydrogen) atoms. The van der Waals surface area contributed by atoms with E-state index in [0.717, 1.165) is 6.42 Å². The van der Waals surface area contributed by atoms with Crippen LogP contribution in [-0.4, -0.2) is 48.0 Å². The first-order valence-corrected chi connectivity index (χ1v) is 7.26. The highest BCUT2D eigenvalue weighted by molar-refractivity contribution is 7.85. The Kier molecular flexibility index (Phi) is 7.32. The predicted molar refractivity (Wildman–Crippen MR) is 72.0 cm³/mol. The first kappa shape index (κ1) is 15.8. The van der Waals surface area contributed by atoms with Gasteiger partial charge in [-0.15, -0.1) is 0 Å². The van der Waals surface area contributed by atoms with E-state index in [1.54, 1.807) is 25.3 Å². The van der Waals surface area contributed by atoms with Gasteiger partial charge in [-0.3, -0.25) is 4.21 Å². The molecule has 0 saturated carbocycles. The molecular weight excluding hydrogens is 268 g/mol. The van der Waals surface area contributed by atoms with E-state index in [1.807, 2.05) is 0 Å². The summed E-state index contributed by atoms with van der Waals surface area (Å²) in [6.07, 6.45) is 0.787. The smallest absolute Gasteiger partial charge is 0.336 e. The number of carbonyl (C=O) groups is 1. The van der Waals surface area contributed by atoms with Crippen LogP contribution in [-0.2, 0) is 20.3 Å². The second-order valence-corrected chi connectivity index (χ2v) is 5.35. The van der Waals surface area contributed by atoms with Crippen molar-refractivity contribution in [3.63, 3.8) is 0 Å². The molecule has 0 radical (unpaired) electrons. The van der Waals surface area contributed by atoms with Crippen molar-refractivity contribution in [2.75, 3.05) is 32.7 Å². The van der Waals surface area contributed by atoms with Crippen LogP contribution in [0.3, 0.4) is 0 Å². The molecule has 0 amide bonds. The Balaban J connectivity index is 2.43. The highest BCUT2D eigenvalue weighted by Gasteiger charge is 2.14. The molecule has 1 aromatic carbocycles. The van der Waals surface area contributed by atoms with Crippen LogP contribution in [0.15, 0.2) is 29.2 Å². The number of benzene rings is 1. The largest absolute Gasteiger partial charge is 0.478 e. The maximum absolute atomic E-state index is 12.0. The van der Waals surface area contributed by atoms with E-state index in [1.165, 1.54) is 6.07 Å². The normalized spacial score (nSPS) is 12.3. The molecule has 0 saturated heterocycles. The van der Waals surface area contributed by atoms with Gasteiger partial charge in [-0.2, -0.15) is 0 Å². The molecule has 0 aliphatic rings. The summed E-state index contributed by atoms with van der Waals surface area (Å²) in [5, 5.41) is 9.00. The van der Waals surface area contributed by atoms with Crippen molar-refractivity contribution < 1.29 is 23.6 Å². The van der Waals surface area contributed by atoms with E-state index in [4.69, 9.17) is 14.6 Å². The molecular formula is C13H18O5S. The summed E-state index contributed by atoms with van der Waals surface area (Å²) < 4.78 is 22.2. The molecule has 0 heterocycles. The summed E-state index contributed by atoms with van der Waals surface area (Å²) >= 11 is 0. The van der Waals surface area contributed by atoms with Crippen molar-refractivity contribution in [2.45, 2.75) is 11.3 Å². The summed E-state index contributed by atoms with van der Waals surface area (Å²) in [5.74, 6) is -0.776. The van der Waals surface area contributed by atoms with Gasteiger partial charge in [-0.05, 0) is 18.6 Å². The molecule has 0 aromatic heterocycles. The predicted octanol–water partition coefficient (Wildman–Crippen LogP) is 1.55. The lowest BCUT2D eigenvalue weighted by Crippen LogP contribution is -2.11. The van der Waals surface area contributed by atoms with Crippen molar-refractivity contribution in [3.05, 3.63) is 29.8 Å². The Bertz CT molecular complexity index is 433. The van der Waals surface area contributed by atoms with E-state index >= 15 is 0 Å². The van der Waals surface area contributed by atoms with Crippen LogP contribution in [0.5, 0.6) is 0 Å². The van der Waals surface area contributed by atoms with Gasteiger partial charge in [-0.25, -0.2) is 4.79 Å². The third-order valence-electron chi connectivity index (χ3n) is 2.41. The lowest BCUT2D eigenvalue weighted by atomic mass is 10.2. The van der Waals surface area contributed by atoms with Gasteiger partial charge in [0.2, 0.25) is 0 Å². The maximum atomic E-state index is 12.0. The van der Waals surface area contributed by atoms with Gasteiger partial charge in [0.25, 0.3) is 0 Å². The van der Waals surface area contributed by atoms with Crippen LogP contribution >= 0.6 is 0 Å². The zero-order chi connectivity index (χ0) is 14.1. The summed E-state index contributed by atoms with van der Waals surface area (Å²) in [5.41, 5.74) is 0.0835.